The summed E-state index contributed by atoms with van der Waals surface area (Å²) in [5.41, 5.74) is 5.44. The number of anilines is 1. The maximum atomic E-state index is 13.7. The highest BCUT2D eigenvalue weighted by Crippen LogP contribution is 2.29. The van der Waals surface area contributed by atoms with Crippen LogP contribution in [0, 0.1) is 5.82 Å². The van der Waals surface area contributed by atoms with Gasteiger partial charge in [0.15, 0.2) is 11.6 Å². The van der Waals surface area contributed by atoms with Crippen LogP contribution in [-0.2, 0) is 10.0 Å². The molecule has 19 heavy (non-hydrogen) atoms. The Morgan fingerprint density at radius 1 is 1.53 bits per heavy atom. The number of hydrogen-bond donors (Lipinski definition) is 2. The Morgan fingerprint density at radius 3 is 2.53 bits per heavy atom. The fraction of sp³-hybridized carbons (Fsp3) is 0.455. The van der Waals surface area contributed by atoms with Crippen molar-refractivity contribution in [2.24, 2.45) is 0 Å². The minimum absolute atomic E-state index is 0.105. The van der Waals surface area contributed by atoms with Gasteiger partial charge in [-0.15, -0.1) is 0 Å². The van der Waals surface area contributed by atoms with Gasteiger partial charge in [-0.05, 0) is 19.1 Å². The first-order valence-corrected chi connectivity index (χ1v) is 6.91. The zero-order valence-corrected chi connectivity index (χ0v) is 11.7. The second kappa shape index (κ2) is 5.72. The summed E-state index contributed by atoms with van der Waals surface area (Å²) < 4.78 is 43.7. The van der Waals surface area contributed by atoms with Gasteiger partial charge in [0.1, 0.15) is 0 Å². The molecule has 0 saturated heterocycles. The summed E-state index contributed by atoms with van der Waals surface area (Å²) in [6, 6.07) is 1.33. The molecule has 1 rings (SSSR count). The normalized spacial score (nSPS) is 13.6. The average Bonchev–Trinajstić information content (AvgIpc) is 2.36. The number of nitrogen functional groups attached to an aromatic ring is 1. The maximum absolute atomic E-state index is 13.7. The molecule has 1 atom stereocenters. The lowest BCUT2D eigenvalue weighted by molar-refractivity contribution is 0.214. The van der Waals surface area contributed by atoms with Crippen LogP contribution in [0.2, 0.25) is 0 Å². The molecule has 0 amide bonds. The van der Waals surface area contributed by atoms with E-state index >= 15 is 0 Å². The van der Waals surface area contributed by atoms with E-state index in [4.69, 9.17) is 15.6 Å². The molecule has 0 aliphatic rings. The Hall–Kier alpha value is -1.38. The first-order valence-electron chi connectivity index (χ1n) is 5.47. The van der Waals surface area contributed by atoms with E-state index in [0.29, 0.717) is 0 Å². The summed E-state index contributed by atoms with van der Waals surface area (Å²) in [6.07, 6.45) is 0. The van der Waals surface area contributed by atoms with Gasteiger partial charge in [-0.1, -0.05) is 0 Å². The van der Waals surface area contributed by atoms with E-state index in [9.17, 15) is 12.8 Å². The van der Waals surface area contributed by atoms with E-state index in [1.807, 2.05) is 0 Å². The van der Waals surface area contributed by atoms with Crippen LogP contribution in [0.1, 0.15) is 6.92 Å². The Kier molecular flexibility index (Phi) is 4.72. The zero-order chi connectivity index (χ0) is 14.8. The van der Waals surface area contributed by atoms with Crippen LogP contribution in [0.5, 0.6) is 5.75 Å². The maximum Gasteiger partial charge on any atom is 0.243 e. The summed E-state index contributed by atoms with van der Waals surface area (Å²) in [6.45, 7) is 1.19. The van der Waals surface area contributed by atoms with Gasteiger partial charge < -0.3 is 15.6 Å². The molecular formula is C11H17FN2O4S. The van der Waals surface area contributed by atoms with E-state index in [1.54, 1.807) is 0 Å². The summed E-state index contributed by atoms with van der Waals surface area (Å²) in [5.74, 6) is -1.05. The number of methoxy groups -OCH3 is 1. The summed E-state index contributed by atoms with van der Waals surface area (Å²) >= 11 is 0. The number of ether oxygens (including phenoxy) is 1. The third-order valence-electron chi connectivity index (χ3n) is 2.81. The van der Waals surface area contributed by atoms with E-state index in [2.05, 4.69) is 0 Å². The molecule has 1 aromatic rings. The number of sulfonamides is 1. The van der Waals surface area contributed by atoms with Gasteiger partial charge in [0, 0.05) is 13.1 Å². The molecule has 0 fully saturated rings. The third kappa shape index (κ3) is 2.96. The highest BCUT2D eigenvalue weighted by atomic mass is 32.2. The SMILES string of the molecule is COc1c(N)cc(S(=O)(=O)N(C)C(C)CO)cc1F. The molecular weight excluding hydrogens is 275 g/mol. The van der Waals surface area contributed by atoms with Crippen molar-refractivity contribution in [1.82, 2.24) is 4.31 Å². The summed E-state index contributed by atoms with van der Waals surface area (Å²) in [5, 5.41) is 8.98. The lowest BCUT2D eigenvalue weighted by atomic mass is 10.3. The van der Waals surface area contributed by atoms with Crippen LogP contribution < -0.4 is 10.5 Å². The molecule has 1 unspecified atom stereocenters. The average molecular weight is 292 g/mol. The summed E-state index contributed by atoms with van der Waals surface area (Å²) in [4.78, 5) is -0.286. The molecule has 0 saturated carbocycles. The molecule has 3 N–H and O–H groups in total. The number of hydrogen-bond acceptors (Lipinski definition) is 5. The Balaban J connectivity index is 3.31. The van der Waals surface area contributed by atoms with Crippen LogP contribution in [0.3, 0.4) is 0 Å². The zero-order valence-electron chi connectivity index (χ0n) is 10.9. The topological polar surface area (TPSA) is 92.9 Å². The van der Waals surface area contributed by atoms with E-state index in [-0.39, 0.29) is 22.9 Å². The first kappa shape index (κ1) is 15.7. The largest absolute Gasteiger partial charge is 0.492 e. The van der Waals surface area contributed by atoms with Crippen molar-refractivity contribution in [2.75, 3.05) is 26.5 Å². The Labute approximate surface area is 111 Å². The number of nitrogens with two attached hydrogens (primary N) is 1. The lowest BCUT2D eigenvalue weighted by Gasteiger charge is -2.23. The number of nitrogens with zero attached hydrogens (tertiary/aromatic N) is 1. The van der Waals surface area contributed by atoms with Gasteiger partial charge in [0.25, 0.3) is 0 Å². The second-order valence-electron chi connectivity index (χ2n) is 4.08. The fourth-order valence-electron chi connectivity index (χ4n) is 1.47. The van der Waals surface area contributed by atoms with Crippen LogP contribution in [-0.4, -0.2) is 44.6 Å². The number of aliphatic hydroxyl groups excluding tert-OH is 1. The number of likely N-dealkylation sites (N-methyl/N-ethyl adjacent to an activating group) is 1. The fourth-order valence-corrected chi connectivity index (χ4v) is 2.87. The third-order valence-corrected chi connectivity index (χ3v) is 4.76. The quantitative estimate of drug-likeness (QED) is 0.767. The van der Waals surface area contributed by atoms with Crippen molar-refractivity contribution in [3.63, 3.8) is 0 Å². The molecule has 0 radical (unpaired) electrons. The van der Waals surface area contributed by atoms with Gasteiger partial charge in [-0.3, -0.25) is 0 Å². The second-order valence-corrected chi connectivity index (χ2v) is 6.08. The number of benzene rings is 1. The van der Waals surface area contributed by atoms with Gasteiger partial charge in [-0.2, -0.15) is 4.31 Å². The molecule has 8 heteroatoms. The molecule has 0 heterocycles. The minimum Gasteiger partial charge on any atom is -0.492 e. The van der Waals surface area contributed by atoms with Crippen molar-refractivity contribution >= 4 is 15.7 Å². The standard InChI is InChI=1S/C11H17FN2O4S/c1-7(6-15)14(2)19(16,17)8-4-9(12)11(18-3)10(13)5-8/h4-5,7,15H,6,13H2,1-3H3. The number of halogens is 1. The van der Waals surface area contributed by atoms with Crippen molar-refractivity contribution in [1.29, 1.82) is 0 Å². The highest BCUT2D eigenvalue weighted by molar-refractivity contribution is 7.89. The monoisotopic (exact) mass is 292 g/mol. The number of rotatable bonds is 5. The molecule has 0 aromatic heterocycles. The predicted octanol–water partition coefficient (Wildman–Crippen LogP) is 0.418. The van der Waals surface area contributed by atoms with Crippen molar-refractivity contribution in [2.45, 2.75) is 17.9 Å². The smallest absolute Gasteiger partial charge is 0.243 e. The van der Waals surface area contributed by atoms with Gasteiger partial charge >= 0.3 is 0 Å². The molecule has 0 aliphatic heterocycles. The molecule has 0 aliphatic carbocycles. The predicted molar refractivity (Wildman–Crippen MR) is 68.9 cm³/mol. The molecule has 0 bridgehead atoms. The molecule has 1 aromatic carbocycles. The van der Waals surface area contributed by atoms with E-state index in [0.717, 1.165) is 16.4 Å². The van der Waals surface area contributed by atoms with Crippen LogP contribution >= 0.6 is 0 Å². The van der Waals surface area contributed by atoms with Crippen LogP contribution in [0.25, 0.3) is 0 Å². The van der Waals surface area contributed by atoms with Crippen molar-refractivity contribution in [3.05, 3.63) is 17.9 Å². The highest BCUT2D eigenvalue weighted by Gasteiger charge is 2.27. The molecule has 0 spiro atoms. The van der Waals surface area contributed by atoms with Crippen molar-refractivity contribution < 1.29 is 22.7 Å². The lowest BCUT2D eigenvalue weighted by Crippen LogP contribution is -2.37. The summed E-state index contributed by atoms with van der Waals surface area (Å²) in [7, 11) is -1.38. The van der Waals surface area contributed by atoms with Gasteiger partial charge in [0.05, 0.1) is 24.3 Å². The van der Waals surface area contributed by atoms with Crippen LogP contribution in [0.15, 0.2) is 17.0 Å². The van der Waals surface area contributed by atoms with Gasteiger partial charge in [0.2, 0.25) is 10.0 Å². The van der Waals surface area contributed by atoms with Crippen LogP contribution in [0.4, 0.5) is 10.1 Å². The van der Waals surface area contributed by atoms with E-state index < -0.39 is 21.9 Å². The van der Waals surface area contributed by atoms with Crippen molar-refractivity contribution in [3.8, 4) is 5.75 Å². The minimum atomic E-state index is -3.92. The first-order chi connectivity index (χ1) is 8.75. The molecule has 6 nitrogen and oxygen atoms in total. The van der Waals surface area contributed by atoms with Gasteiger partial charge in [-0.25, -0.2) is 12.8 Å². The Morgan fingerprint density at radius 2 is 2.11 bits per heavy atom. The number of aliphatic hydroxyl groups is 1. The Bertz CT molecular complexity index is 539. The van der Waals surface area contributed by atoms with E-state index in [1.165, 1.54) is 21.1 Å². The molecule has 108 valence electrons.